The number of pyridine rings is 1. The van der Waals surface area contributed by atoms with Gasteiger partial charge in [-0.15, -0.1) is 0 Å². The van der Waals surface area contributed by atoms with Gasteiger partial charge in [-0.2, -0.15) is 0 Å². The fourth-order valence-corrected chi connectivity index (χ4v) is 2.71. The molecule has 0 saturated heterocycles. The highest BCUT2D eigenvalue weighted by molar-refractivity contribution is 9.10. The van der Waals surface area contributed by atoms with E-state index in [1.165, 1.54) is 5.56 Å². The van der Waals surface area contributed by atoms with Crippen LogP contribution in [0.5, 0.6) is 0 Å². The maximum Gasteiger partial charge on any atom is 0.110 e. The van der Waals surface area contributed by atoms with Crippen LogP contribution in [0.2, 0.25) is 0 Å². The maximum atomic E-state index is 4.50. The third-order valence-electron chi connectivity index (χ3n) is 3.23. The molecular formula is C15H21BrN4. The van der Waals surface area contributed by atoms with Gasteiger partial charge in [-0.05, 0) is 40.5 Å². The quantitative estimate of drug-likeness (QED) is 0.843. The Morgan fingerprint density at radius 1 is 1.35 bits per heavy atom. The number of hydrogen-bond donors (Lipinski definition) is 1. The van der Waals surface area contributed by atoms with E-state index in [0.29, 0.717) is 0 Å². The van der Waals surface area contributed by atoms with Crippen LogP contribution in [-0.4, -0.2) is 21.1 Å². The molecule has 5 heteroatoms. The van der Waals surface area contributed by atoms with Gasteiger partial charge in [0.05, 0.1) is 0 Å². The summed E-state index contributed by atoms with van der Waals surface area (Å²) < 4.78 is 3.24. The van der Waals surface area contributed by atoms with Gasteiger partial charge in [0.25, 0.3) is 0 Å². The minimum absolute atomic E-state index is 0.239. The number of imidazole rings is 1. The zero-order valence-electron chi connectivity index (χ0n) is 12.0. The van der Waals surface area contributed by atoms with Crippen molar-refractivity contribution >= 4 is 15.9 Å². The molecule has 0 aliphatic rings. The van der Waals surface area contributed by atoms with E-state index < -0.39 is 0 Å². The molecule has 0 fully saturated rings. The van der Waals surface area contributed by atoms with Crippen molar-refractivity contribution in [2.24, 2.45) is 0 Å². The monoisotopic (exact) mass is 336 g/mol. The van der Waals surface area contributed by atoms with Crippen LogP contribution >= 0.6 is 15.9 Å². The minimum atomic E-state index is 0.239. The first-order valence-electron chi connectivity index (χ1n) is 7.08. The molecule has 0 aliphatic carbocycles. The lowest BCUT2D eigenvalue weighted by Crippen LogP contribution is -2.24. The van der Waals surface area contributed by atoms with Gasteiger partial charge >= 0.3 is 0 Å². The van der Waals surface area contributed by atoms with Gasteiger partial charge in [0.15, 0.2) is 0 Å². The summed E-state index contributed by atoms with van der Waals surface area (Å²) in [6.07, 6.45) is 9.66. The van der Waals surface area contributed by atoms with Gasteiger partial charge in [0.2, 0.25) is 0 Å². The van der Waals surface area contributed by atoms with Crippen LogP contribution < -0.4 is 5.32 Å². The van der Waals surface area contributed by atoms with E-state index in [1.807, 2.05) is 18.6 Å². The zero-order valence-corrected chi connectivity index (χ0v) is 13.6. The topological polar surface area (TPSA) is 42.7 Å². The molecule has 0 saturated carbocycles. The Kier molecular flexibility index (Phi) is 5.73. The Morgan fingerprint density at radius 3 is 2.90 bits per heavy atom. The number of aryl methyl sites for hydroxylation is 1. The SMILES string of the molecule is CCCn1ccnc1CC(NCC)c1cncc(Br)c1. The van der Waals surface area contributed by atoms with Crippen molar-refractivity contribution in [1.82, 2.24) is 19.9 Å². The normalized spacial score (nSPS) is 12.6. The third-order valence-corrected chi connectivity index (χ3v) is 3.67. The molecule has 2 heterocycles. The molecule has 1 N–H and O–H groups in total. The molecule has 0 aromatic carbocycles. The van der Waals surface area contributed by atoms with Gasteiger partial charge in [-0.1, -0.05) is 13.8 Å². The second kappa shape index (κ2) is 7.55. The number of rotatable bonds is 7. The second-order valence-electron chi connectivity index (χ2n) is 4.79. The maximum absolute atomic E-state index is 4.50. The van der Waals surface area contributed by atoms with Gasteiger partial charge < -0.3 is 9.88 Å². The Balaban J connectivity index is 2.18. The summed E-state index contributed by atoms with van der Waals surface area (Å²) in [6, 6.07) is 2.36. The minimum Gasteiger partial charge on any atom is -0.335 e. The summed E-state index contributed by atoms with van der Waals surface area (Å²) in [5, 5.41) is 3.52. The van der Waals surface area contributed by atoms with E-state index in [0.717, 1.165) is 36.2 Å². The highest BCUT2D eigenvalue weighted by Gasteiger charge is 2.15. The van der Waals surface area contributed by atoms with Crippen molar-refractivity contribution < 1.29 is 0 Å². The summed E-state index contributed by atoms with van der Waals surface area (Å²) in [5.74, 6) is 1.12. The molecule has 4 nitrogen and oxygen atoms in total. The molecule has 108 valence electrons. The van der Waals surface area contributed by atoms with E-state index in [-0.39, 0.29) is 6.04 Å². The summed E-state index contributed by atoms with van der Waals surface area (Å²) in [5.41, 5.74) is 1.19. The number of nitrogens with one attached hydrogen (secondary N) is 1. The van der Waals surface area contributed by atoms with E-state index in [1.54, 1.807) is 0 Å². The number of nitrogens with zero attached hydrogens (tertiary/aromatic N) is 3. The molecule has 2 aromatic rings. The van der Waals surface area contributed by atoms with E-state index in [2.05, 4.69) is 61.9 Å². The van der Waals surface area contributed by atoms with Crippen molar-refractivity contribution in [3.05, 3.63) is 46.7 Å². The number of hydrogen-bond acceptors (Lipinski definition) is 3. The van der Waals surface area contributed by atoms with Crippen molar-refractivity contribution in [2.45, 2.75) is 39.3 Å². The molecular weight excluding hydrogens is 316 g/mol. The van der Waals surface area contributed by atoms with Crippen LogP contribution in [0, 0.1) is 0 Å². The van der Waals surface area contributed by atoms with Gasteiger partial charge in [-0.25, -0.2) is 4.98 Å². The third kappa shape index (κ3) is 3.90. The number of halogens is 1. The van der Waals surface area contributed by atoms with E-state index in [9.17, 15) is 0 Å². The van der Waals surface area contributed by atoms with Crippen LogP contribution in [0.25, 0.3) is 0 Å². The van der Waals surface area contributed by atoms with Crippen molar-refractivity contribution in [3.8, 4) is 0 Å². The fourth-order valence-electron chi connectivity index (χ4n) is 2.33. The Labute approximate surface area is 128 Å². The lowest BCUT2D eigenvalue weighted by Gasteiger charge is -2.18. The van der Waals surface area contributed by atoms with Crippen molar-refractivity contribution in [2.75, 3.05) is 6.54 Å². The zero-order chi connectivity index (χ0) is 14.4. The number of likely N-dealkylation sites (N-methyl/N-ethyl adjacent to an activating group) is 1. The Hall–Kier alpha value is -1.20. The Bertz CT molecular complexity index is 538. The van der Waals surface area contributed by atoms with E-state index >= 15 is 0 Å². The van der Waals surface area contributed by atoms with Crippen LogP contribution in [0.15, 0.2) is 35.3 Å². The first kappa shape index (κ1) is 15.2. The summed E-state index contributed by atoms with van der Waals surface area (Å²) in [6.45, 7) is 6.25. The summed E-state index contributed by atoms with van der Waals surface area (Å²) >= 11 is 3.49. The molecule has 20 heavy (non-hydrogen) atoms. The highest BCUT2D eigenvalue weighted by Crippen LogP contribution is 2.20. The van der Waals surface area contributed by atoms with E-state index in [4.69, 9.17) is 0 Å². The smallest absolute Gasteiger partial charge is 0.110 e. The summed E-state index contributed by atoms with van der Waals surface area (Å²) in [4.78, 5) is 8.76. The molecule has 0 spiro atoms. The molecule has 0 amide bonds. The van der Waals surface area contributed by atoms with Crippen LogP contribution in [-0.2, 0) is 13.0 Å². The van der Waals surface area contributed by atoms with Crippen LogP contribution in [0.4, 0.5) is 0 Å². The predicted octanol–water partition coefficient (Wildman–Crippen LogP) is 3.34. The lowest BCUT2D eigenvalue weighted by molar-refractivity contribution is 0.515. The van der Waals surface area contributed by atoms with Gasteiger partial charge in [-0.3, -0.25) is 4.98 Å². The van der Waals surface area contributed by atoms with Crippen molar-refractivity contribution in [3.63, 3.8) is 0 Å². The first-order chi connectivity index (χ1) is 9.74. The molecule has 1 unspecified atom stereocenters. The molecule has 2 aromatic heterocycles. The summed E-state index contributed by atoms with van der Waals surface area (Å²) in [7, 11) is 0. The molecule has 0 aliphatic heterocycles. The predicted molar refractivity (Wildman–Crippen MR) is 84.6 cm³/mol. The average molecular weight is 337 g/mol. The fraction of sp³-hybridized carbons (Fsp3) is 0.467. The Morgan fingerprint density at radius 2 is 2.20 bits per heavy atom. The molecule has 0 radical (unpaired) electrons. The molecule has 2 rings (SSSR count). The molecule has 1 atom stereocenters. The molecule has 0 bridgehead atoms. The highest BCUT2D eigenvalue weighted by atomic mass is 79.9. The van der Waals surface area contributed by atoms with Crippen LogP contribution in [0.1, 0.15) is 37.7 Å². The average Bonchev–Trinajstić information content (AvgIpc) is 2.86. The first-order valence-corrected chi connectivity index (χ1v) is 7.87. The van der Waals surface area contributed by atoms with Crippen LogP contribution in [0.3, 0.4) is 0 Å². The largest absolute Gasteiger partial charge is 0.335 e. The van der Waals surface area contributed by atoms with Crippen molar-refractivity contribution in [1.29, 1.82) is 0 Å². The standard InChI is InChI=1S/C15H21BrN4/c1-3-6-20-7-5-19-15(20)9-14(18-4-2)12-8-13(16)11-17-10-12/h5,7-8,10-11,14,18H,3-4,6,9H2,1-2H3. The lowest BCUT2D eigenvalue weighted by atomic mass is 10.1. The van der Waals surface area contributed by atoms with Gasteiger partial charge in [0, 0.05) is 48.3 Å². The number of aromatic nitrogens is 3. The van der Waals surface area contributed by atoms with Gasteiger partial charge in [0.1, 0.15) is 5.82 Å². The second-order valence-corrected chi connectivity index (χ2v) is 5.70.